The van der Waals surface area contributed by atoms with Crippen LogP contribution < -0.4 is 5.73 Å². The molecule has 0 spiro atoms. The van der Waals surface area contributed by atoms with Gasteiger partial charge in [0.05, 0.1) is 11.4 Å². The van der Waals surface area contributed by atoms with Crippen molar-refractivity contribution in [1.82, 2.24) is 9.78 Å². The van der Waals surface area contributed by atoms with E-state index in [-0.39, 0.29) is 10.8 Å². The normalized spacial score (nSPS) is 10.7. The molecule has 94 valence electrons. The first kappa shape index (κ1) is 12.7. The van der Waals surface area contributed by atoms with Gasteiger partial charge in [-0.05, 0) is 44.5 Å². The molecule has 0 saturated heterocycles. The van der Waals surface area contributed by atoms with Gasteiger partial charge in [0.2, 0.25) is 0 Å². The molecule has 0 aliphatic heterocycles. The summed E-state index contributed by atoms with van der Waals surface area (Å²) in [7, 11) is 0. The Morgan fingerprint density at radius 1 is 1.33 bits per heavy atom. The van der Waals surface area contributed by atoms with Crippen LogP contribution in [-0.4, -0.2) is 14.8 Å². The Bertz CT molecular complexity index is 631. The third-order valence-corrected chi connectivity index (χ3v) is 3.33. The van der Waals surface area contributed by atoms with E-state index in [4.69, 9.17) is 18.0 Å². The maximum absolute atomic E-state index is 13.3. The Morgan fingerprint density at radius 2 is 2.00 bits per heavy atom. The third kappa shape index (κ3) is 2.01. The van der Waals surface area contributed by atoms with Gasteiger partial charge in [-0.2, -0.15) is 5.10 Å². The molecule has 1 heterocycles. The fraction of sp³-hybridized carbons (Fsp3) is 0.231. The highest BCUT2D eigenvalue weighted by molar-refractivity contribution is 7.80. The zero-order valence-corrected chi connectivity index (χ0v) is 11.3. The van der Waals surface area contributed by atoms with Crippen LogP contribution in [0, 0.1) is 26.6 Å². The van der Waals surface area contributed by atoms with E-state index in [1.54, 1.807) is 10.7 Å². The molecule has 5 heteroatoms. The summed E-state index contributed by atoms with van der Waals surface area (Å²) in [4.78, 5) is 0.162. The SMILES string of the molecule is Cc1nn(-c2ccc(F)cc2C(N)=S)c(C)c1C. The van der Waals surface area contributed by atoms with E-state index in [0.717, 1.165) is 17.0 Å². The van der Waals surface area contributed by atoms with Gasteiger partial charge >= 0.3 is 0 Å². The van der Waals surface area contributed by atoms with Crippen LogP contribution in [-0.2, 0) is 0 Å². The molecule has 0 bridgehead atoms. The molecule has 0 amide bonds. The van der Waals surface area contributed by atoms with Crippen molar-refractivity contribution in [2.75, 3.05) is 0 Å². The highest BCUT2D eigenvalue weighted by atomic mass is 32.1. The summed E-state index contributed by atoms with van der Waals surface area (Å²) in [6, 6.07) is 4.36. The van der Waals surface area contributed by atoms with Gasteiger partial charge in [0.15, 0.2) is 0 Å². The maximum atomic E-state index is 13.3. The van der Waals surface area contributed by atoms with Gasteiger partial charge in [0.1, 0.15) is 10.8 Å². The number of nitrogens with zero attached hydrogens (tertiary/aromatic N) is 2. The van der Waals surface area contributed by atoms with Crippen molar-refractivity contribution in [3.63, 3.8) is 0 Å². The van der Waals surface area contributed by atoms with Crippen molar-refractivity contribution in [3.8, 4) is 5.69 Å². The molecule has 1 aromatic carbocycles. The van der Waals surface area contributed by atoms with Crippen molar-refractivity contribution in [1.29, 1.82) is 0 Å². The van der Waals surface area contributed by atoms with Gasteiger partial charge in [0, 0.05) is 11.3 Å². The molecule has 0 atom stereocenters. The number of benzene rings is 1. The Kier molecular flexibility index (Phi) is 3.17. The Labute approximate surface area is 110 Å². The molecule has 0 radical (unpaired) electrons. The van der Waals surface area contributed by atoms with Gasteiger partial charge < -0.3 is 5.73 Å². The summed E-state index contributed by atoms with van der Waals surface area (Å²) in [6.07, 6.45) is 0. The van der Waals surface area contributed by atoms with E-state index in [0.29, 0.717) is 11.3 Å². The lowest BCUT2D eigenvalue weighted by molar-refractivity contribution is 0.626. The predicted molar refractivity (Wildman–Crippen MR) is 73.6 cm³/mol. The zero-order chi connectivity index (χ0) is 13.4. The maximum Gasteiger partial charge on any atom is 0.124 e. The summed E-state index contributed by atoms with van der Waals surface area (Å²) < 4.78 is 15.0. The predicted octanol–water partition coefficient (Wildman–Crippen LogP) is 2.57. The molecule has 0 aliphatic rings. The second-order valence-electron chi connectivity index (χ2n) is 4.23. The highest BCUT2D eigenvalue weighted by Crippen LogP contribution is 2.21. The smallest absolute Gasteiger partial charge is 0.124 e. The van der Waals surface area contributed by atoms with Crippen molar-refractivity contribution in [2.24, 2.45) is 5.73 Å². The molecular formula is C13H14FN3S. The van der Waals surface area contributed by atoms with Crippen molar-refractivity contribution >= 4 is 17.2 Å². The van der Waals surface area contributed by atoms with Crippen LogP contribution >= 0.6 is 12.2 Å². The molecule has 0 unspecified atom stereocenters. The lowest BCUT2D eigenvalue weighted by Crippen LogP contribution is -2.15. The van der Waals surface area contributed by atoms with E-state index in [9.17, 15) is 4.39 Å². The number of rotatable bonds is 2. The first-order chi connectivity index (χ1) is 8.41. The molecule has 2 aromatic rings. The molecule has 0 aliphatic carbocycles. The lowest BCUT2D eigenvalue weighted by Gasteiger charge is -2.10. The van der Waals surface area contributed by atoms with E-state index >= 15 is 0 Å². The fourth-order valence-electron chi connectivity index (χ4n) is 1.85. The fourth-order valence-corrected chi connectivity index (χ4v) is 2.01. The average Bonchev–Trinajstić information content (AvgIpc) is 2.57. The number of thiocarbonyl (C=S) groups is 1. The Hall–Kier alpha value is -1.75. The number of aromatic nitrogens is 2. The minimum Gasteiger partial charge on any atom is -0.389 e. The van der Waals surface area contributed by atoms with Gasteiger partial charge in [-0.25, -0.2) is 9.07 Å². The second kappa shape index (κ2) is 4.49. The number of hydrogen-bond acceptors (Lipinski definition) is 2. The summed E-state index contributed by atoms with van der Waals surface area (Å²) in [5.74, 6) is -0.361. The van der Waals surface area contributed by atoms with Crippen molar-refractivity contribution in [3.05, 3.63) is 46.5 Å². The molecular weight excluding hydrogens is 249 g/mol. The van der Waals surface area contributed by atoms with Crippen LogP contribution in [0.25, 0.3) is 5.69 Å². The standard InChI is InChI=1S/C13H14FN3S/c1-7-8(2)16-17(9(7)3)12-5-4-10(14)6-11(12)13(15)18/h4-6H,1-3H3,(H2,15,18). The number of hydrogen-bond donors (Lipinski definition) is 1. The van der Waals surface area contributed by atoms with Crippen LogP contribution in [0.3, 0.4) is 0 Å². The number of nitrogens with two attached hydrogens (primary N) is 1. The van der Waals surface area contributed by atoms with Crippen LogP contribution in [0.1, 0.15) is 22.5 Å². The van der Waals surface area contributed by atoms with Crippen LogP contribution in [0.2, 0.25) is 0 Å². The second-order valence-corrected chi connectivity index (χ2v) is 4.67. The minimum absolute atomic E-state index is 0.162. The van der Waals surface area contributed by atoms with E-state index in [1.807, 2.05) is 20.8 Å². The van der Waals surface area contributed by atoms with Crippen LogP contribution in [0.4, 0.5) is 4.39 Å². The zero-order valence-electron chi connectivity index (χ0n) is 10.5. The third-order valence-electron chi connectivity index (χ3n) is 3.11. The molecule has 0 saturated carbocycles. The van der Waals surface area contributed by atoms with Crippen molar-refractivity contribution in [2.45, 2.75) is 20.8 Å². The first-order valence-corrected chi connectivity index (χ1v) is 5.95. The van der Waals surface area contributed by atoms with Crippen molar-refractivity contribution < 1.29 is 4.39 Å². The van der Waals surface area contributed by atoms with E-state index < -0.39 is 0 Å². The number of aryl methyl sites for hydroxylation is 1. The van der Waals surface area contributed by atoms with Gasteiger partial charge in [-0.1, -0.05) is 12.2 Å². The van der Waals surface area contributed by atoms with E-state index in [1.165, 1.54) is 12.1 Å². The molecule has 2 rings (SSSR count). The Morgan fingerprint density at radius 3 is 2.50 bits per heavy atom. The Balaban J connectivity index is 2.71. The monoisotopic (exact) mass is 263 g/mol. The summed E-state index contributed by atoms with van der Waals surface area (Å²) >= 11 is 4.96. The molecule has 18 heavy (non-hydrogen) atoms. The molecule has 1 aromatic heterocycles. The molecule has 0 fully saturated rings. The summed E-state index contributed by atoms with van der Waals surface area (Å²) in [6.45, 7) is 5.89. The average molecular weight is 263 g/mol. The highest BCUT2D eigenvalue weighted by Gasteiger charge is 2.14. The number of halogens is 1. The quantitative estimate of drug-likeness (QED) is 0.847. The largest absolute Gasteiger partial charge is 0.389 e. The topological polar surface area (TPSA) is 43.8 Å². The lowest BCUT2D eigenvalue weighted by atomic mass is 10.1. The van der Waals surface area contributed by atoms with Crippen LogP contribution in [0.15, 0.2) is 18.2 Å². The van der Waals surface area contributed by atoms with E-state index in [2.05, 4.69) is 5.10 Å². The minimum atomic E-state index is -0.361. The van der Waals surface area contributed by atoms with Gasteiger partial charge in [-0.3, -0.25) is 0 Å². The molecule has 2 N–H and O–H groups in total. The summed E-state index contributed by atoms with van der Waals surface area (Å²) in [5, 5.41) is 4.43. The van der Waals surface area contributed by atoms with Gasteiger partial charge in [0.25, 0.3) is 0 Å². The first-order valence-electron chi connectivity index (χ1n) is 5.54. The van der Waals surface area contributed by atoms with Gasteiger partial charge in [-0.15, -0.1) is 0 Å². The molecule has 3 nitrogen and oxygen atoms in total. The van der Waals surface area contributed by atoms with Crippen LogP contribution in [0.5, 0.6) is 0 Å². The summed E-state index contributed by atoms with van der Waals surface area (Å²) in [5.41, 5.74) is 9.88.